The van der Waals surface area contributed by atoms with Gasteiger partial charge in [-0.05, 0) is 25.2 Å². The molecule has 0 spiro atoms. The maximum absolute atomic E-state index is 11.6. The Kier molecular flexibility index (Phi) is 5.09. The molecule has 1 fully saturated rings. The van der Waals surface area contributed by atoms with Gasteiger partial charge in [0.25, 0.3) is 0 Å². The first-order valence-corrected chi connectivity index (χ1v) is 6.07. The molecule has 1 atom stereocenters. The summed E-state index contributed by atoms with van der Waals surface area (Å²) in [6.07, 6.45) is 5.80. The Morgan fingerprint density at radius 2 is 2.13 bits per heavy atom. The Morgan fingerprint density at radius 1 is 1.47 bits per heavy atom. The number of amides is 1. The van der Waals surface area contributed by atoms with Crippen molar-refractivity contribution in [1.29, 1.82) is 0 Å². The summed E-state index contributed by atoms with van der Waals surface area (Å²) in [5.41, 5.74) is 0. The molecule has 0 heterocycles. The largest absolute Gasteiger partial charge is 0.391 e. The molecule has 1 amide bonds. The highest BCUT2D eigenvalue weighted by Gasteiger charge is 2.30. The predicted octanol–water partition coefficient (Wildman–Crippen LogP) is 1.80. The van der Waals surface area contributed by atoms with Crippen molar-refractivity contribution in [2.24, 2.45) is 5.92 Å². The van der Waals surface area contributed by atoms with Gasteiger partial charge in [-0.3, -0.25) is 4.79 Å². The number of nitrogens with zero attached hydrogens (tertiary/aromatic N) is 1. The number of rotatable bonds is 7. The zero-order valence-corrected chi connectivity index (χ0v) is 9.91. The van der Waals surface area contributed by atoms with Crippen LogP contribution < -0.4 is 0 Å². The molecule has 3 nitrogen and oxygen atoms in total. The van der Waals surface area contributed by atoms with Crippen LogP contribution in [-0.4, -0.2) is 35.6 Å². The lowest BCUT2D eigenvalue weighted by Gasteiger charge is -2.20. The topological polar surface area (TPSA) is 40.5 Å². The van der Waals surface area contributed by atoms with E-state index in [0.29, 0.717) is 18.9 Å². The minimum Gasteiger partial charge on any atom is -0.391 e. The van der Waals surface area contributed by atoms with E-state index in [2.05, 4.69) is 6.92 Å². The van der Waals surface area contributed by atoms with Crippen molar-refractivity contribution in [2.75, 3.05) is 13.6 Å². The molecule has 0 aromatic carbocycles. The monoisotopic (exact) mass is 213 g/mol. The molecule has 1 saturated carbocycles. The van der Waals surface area contributed by atoms with Crippen LogP contribution in [0.3, 0.4) is 0 Å². The third kappa shape index (κ3) is 4.65. The molecule has 1 N–H and O–H groups in total. The van der Waals surface area contributed by atoms with E-state index in [1.54, 1.807) is 11.9 Å². The van der Waals surface area contributed by atoms with Crippen LogP contribution in [0.1, 0.15) is 45.4 Å². The SMILES string of the molecule is CCCCCC(=O)N(C)CC(O)C1CC1. The van der Waals surface area contributed by atoms with Crippen molar-refractivity contribution in [3.63, 3.8) is 0 Å². The van der Waals surface area contributed by atoms with Gasteiger partial charge in [-0.15, -0.1) is 0 Å². The van der Waals surface area contributed by atoms with E-state index in [9.17, 15) is 9.90 Å². The van der Waals surface area contributed by atoms with Crippen LogP contribution in [0, 0.1) is 5.92 Å². The summed E-state index contributed by atoms with van der Waals surface area (Å²) >= 11 is 0. The zero-order chi connectivity index (χ0) is 11.3. The number of aliphatic hydroxyl groups excluding tert-OH is 1. The molecular formula is C12H23NO2. The molecule has 1 aliphatic rings. The standard InChI is InChI=1S/C12H23NO2/c1-3-4-5-6-12(15)13(2)9-11(14)10-7-8-10/h10-11,14H,3-9H2,1-2H3. The smallest absolute Gasteiger partial charge is 0.222 e. The second kappa shape index (κ2) is 6.11. The number of likely N-dealkylation sites (N-methyl/N-ethyl adjacent to an activating group) is 1. The maximum atomic E-state index is 11.6. The molecule has 0 aliphatic heterocycles. The van der Waals surface area contributed by atoms with Gasteiger partial charge in [0.1, 0.15) is 0 Å². The molecule has 0 bridgehead atoms. The normalized spacial score (nSPS) is 17.5. The third-order valence-corrected chi connectivity index (χ3v) is 3.05. The molecule has 15 heavy (non-hydrogen) atoms. The molecule has 0 saturated heterocycles. The van der Waals surface area contributed by atoms with Crippen LogP contribution in [0.5, 0.6) is 0 Å². The van der Waals surface area contributed by atoms with Gasteiger partial charge < -0.3 is 10.0 Å². The van der Waals surface area contributed by atoms with E-state index in [1.165, 1.54) is 0 Å². The molecule has 1 unspecified atom stereocenters. The van der Waals surface area contributed by atoms with Gasteiger partial charge in [-0.25, -0.2) is 0 Å². The van der Waals surface area contributed by atoms with Crippen LogP contribution in [0.15, 0.2) is 0 Å². The lowest BCUT2D eigenvalue weighted by Crippen LogP contribution is -2.35. The van der Waals surface area contributed by atoms with Crippen molar-refractivity contribution < 1.29 is 9.90 Å². The van der Waals surface area contributed by atoms with E-state index >= 15 is 0 Å². The first-order chi connectivity index (χ1) is 7.15. The fraction of sp³-hybridized carbons (Fsp3) is 0.917. The van der Waals surface area contributed by atoms with E-state index in [-0.39, 0.29) is 12.0 Å². The van der Waals surface area contributed by atoms with E-state index in [1.807, 2.05) is 0 Å². The maximum Gasteiger partial charge on any atom is 0.222 e. The summed E-state index contributed by atoms with van der Waals surface area (Å²) in [6, 6.07) is 0. The molecule has 88 valence electrons. The number of carbonyl (C=O) groups excluding carboxylic acids is 1. The van der Waals surface area contributed by atoms with Crippen LogP contribution in [0.25, 0.3) is 0 Å². The van der Waals surface area contributed by atoms with E-state index < -0.39 is 0 Å². The van der Waals surface area contributed by atoms with Crippen LogP contribution in [0.2, 0.25) is 0 Å². The highest BCUT2D eigenvalue weighted by molar-refractivity contribution is 5.75. The van der Waals surface area contributed by atoms with Gasteiger partial charge in [0, 0.05) is 20.0 Å². The Bertz CT molecular complexity index is 202. The Balaban J connectivity index is 2.13. The van der Waals surface area contributed by atoms with Crippen molar-refractivity contribution in [1.82, 2.24) is 4.90 Å². The van der Waals surface area contributed by atoms with Gasteiger partial charge in [-0.2, -0.15) is 0 Å². The quantitative estimate of drug-likeness (QED) is 0.655. The number of aliphatic hydroxyl groups is 1. The van der Waals surface area contributed by atoms with Gasteiger partial charge >= 0.3 is 0 Å². The summed E-state index contributed by atoms with van der Waals surface area (Å²) < 4.78 is 0. The Hall–Kier alpha value is -0.570. The van der Waals surface area contributed by atoms with Crippen molar-refractivity contribution >= 4 is 5.91 Å². The molecule has 0 aromatic rings. The number of hydrogen-bond donors (Lipinski definition) is 1. The third-order valence-electron chi connectivity index (χ3n) is 3.05. The summed E-state index contributed by atoms with van der Waals surface area (Å²) in [4.78, 5) is 13.3. The number of hydrogen-bond acceptors (Lipinski definition) is 2. The Morgan fingerprint density at radius 3 is 2.67 bits per heavy atom. The summed E-state index contributed by atoms with van der Waals surface area (Å²) in [5, 5.41) is 9.69. The fourth-order valence-electron chi connectivity index (χ4n) is 1.73. The molecular weight excluding hydrogens is 190 g/mol. The van der Waals surface area contributed by atoms with Crippen molar-refractivity contribution in [3.8, 4) is 0 Å². The summed E-state index contributed by atoms with van der Waals surface area (Å²) in [5.74, 6) is 0.624. The fourth-order valence-corrected chi connectivity index (χ4v) is 1.73. The van der Waals surface area contributed by atoms with Gasteiger partial charge in [0.15, 0.2) is 0 Å². The molecule has 0 aromatic heterocycles. The molecule has 3 heteroatoms. The minimum atomic E-state index is -0.301. The van der Waals surface area contributed by atoms with Crippen LogP contribution in [-0.2, 0) is 4.79 Å². The highest BCUT2D eigenvalue weighted by atomic mass is 16.3. The van der Waals surface area contributed by atoms with Crippen LogP contribution >= 0.6 is 0 Å². The van der Waals surface area contributed by atoms with Gasteiger partial charge in [-0.1, -0.05) is 19.8 Å². The second-order valence-electron chi connectivity index (χ2n) is 4.64. The molecule has 0 radical (unpaired) electrons. The highest BCUT2D eigenvalue weighted by Crippen LogP contribution is 2.32. The van der Waals surface area contributed by atoms with Crippen molar-refractivity contribution in [2.45, 2.75) is 51.6 Å². The minimum absolute atomic E-state index is 0.170. The summed E-state index contributed by atoms with van der Waals surface area (Å²) in [7, 11) is 1.79. The summed E-state index contributed by atoms with van der Waals surface area (Å²) in [6.45, 7) is 2.64. The van der Waals surface area contributed by atoms with Gasteiger partial charge in [0.05, 0.1) is 6.10 Å². The molecule has 1 rings (SSSR count). The lowest BCUT2D eigenvalue weighted by molar-refractivity contribution is -0.131. The van der Waals surface area contributed by atoms with E-state index in [4.69, 9.17) is 0 Å². The molecule has 1 aliphatic carbocycles. The van der Waals surface area contributed by atoms with E-state index in [0.717, 1.165) is 32.1 Å². The van der Waals surface area contributed by atoms with Gasteiger partial charge in [0.2, 0.25) is 5.91 Å². The average molecular weight is 213 g/mol. The first kappa shape index (κ1) is 12.5. The number of carbonyl (C=O) groups is 1. The Labute approximate surface area is 92.5 Å². The zero-order valence-electron chi connectivity index (χ0n) is 9.91. The van der Waals surface area contributed by atoms with Crippen molar-refractivity contribution in [3.05, 3.63) is 0 Å². The second-order valence-corrected chi connectivity index (χ2v) is 4.64. The van der Waals surface area contributed by atoms with Crippen LogP contribution in [0.4, 0.5) is 0 Å². The first-order valence-electron chi connectivity index (χ1n) is 6.07. The predicted molar refractivity (Wildman–Crippen MR) is 60.5 cm³/mol. The number of unbranched alkanes of at least 4 members (excludes halogenated alkanes) is 2. The lowest BCUT2D eigenvalue weighted by atomic mass is 10.2. The average Bonchev–Trinajstić information content (AvgIpc) is 3.00.